The molecule has 3 rings (SSSR count). The molecule has 2 heterocycles. The van der Waals surface area contributed by atoms with E-state index in [1.54, 1.807) is 12.1 Å². The molecule has 0 amide bonds. The molecule has 1 aliphatic heterocycles. The Hall–Kier alpha value is -1.50. The van der Waals surface area contributed by atoms with E-state index in [-0.39, 0.29) is 24.3 Å². The molecule has 1 atom stereocenters. The van der Waals surface area contributed by atoms with Gasteiger partial charge < -0.3 is 10.3 Å². The first-order chi connectivity index (χ1) is 10.6. The van der Waals surface area contributed by atoms with Crippen molar-refractivity contribution in [2.45, 2.75) is 32.4 Å². The molecule has 1 unspecified atom stereocenters. The van der Waals surface area contributed by atoms with Gasteiger partial charge in [-0.3, -0.25) is 4.90 Å². The average molecular weight is 341 g/mol. The molecule has 1 aliphatic rings. The summed E-state index contributed by atoms with van der Waals surface area (Å²) in [4.78, 5) is 6.70. The van der Waals surface area contributed by atoms with Gasteiger partial charge in [0.15, 0.2) is 0 Å². The Kier molecular flexibility index (Phi) is 6.10. The smallest absolute Gasteiger partial charge is 0.241 e. The molecule has 0 aliphatic carbocycles. The number of aromatic nitrogens is 2. The summed E-state index contributed by atoms with van der Waals surface area (Å²) in [6.07, 6.45) is 2.22. The Morgan fingerprint density at radius 2 is 1.96 bits per heavy atom. The van der Waals surface area contributed by atoms with Crippen molar-refractivity contribution in [1.29, 1.82) is 0 Å². The van der Waals surface area contributed by atoms with E-state index in [0.717, 1.165) is 31.5 Å². The van der Waals surface area contributed by atoms with Crippen LogP contribution in [0.4, 0.5) is 4.39 Å². The third-order valence-corrected chi connectivity index (χ3v) is 4.31. The number of hydrogen-bond donors (Lipinski definition) is 1. The van der Waals surface area contributed by atoms with Crippen LogP contribution in [0, 0.1) is 11.7 Å². The molecule has 2 N–H and O–H groups in total. The molecule has 1 aromatic carbocycles. The van der Waals surface area contributed by atoms with Crippen LogP contribution in [0.1, 0.15) is 25.7 Å². The Labute approximate surface area is 141 Å². The fraction of sp³-hybridized carbons (Fsp3) is 0.500. The van der Waals surface area contributed by atoms with Crippen LogP contribution in [-0.2, 0) is 6.54 Å². The van der Waals surface area contributed by atoms with Crippen LogP contribution in [0.15, 0.2) is 28.8 Å². The first kappa shape index (κ1) is 17.8. The summed E-state index contributed by atoms with van der Waals surface area (Å²) in [6, 6.07) is 6.35. The van der Waals surface area contributed by atoms with E-state index in [0.29, 0.717) is 24.2 Å². The number of rotatable bonds is 4. The Balaban J connectivity index is 0.00000192. The zero-order valence-corrected chi connectivity index (χ0v) is 13.9. The highest BCUT2D eigenvalue weighted by molar-refractivity contribution is 5.85. The SMILES string of the molecule is CC(N)C1CCN(Cc2nc(-c3ccc(F)cc3)no2)CC1.Cl. The molecule has 1 saturated heterocycles. The average Bonchev–Trinajstić information content (AvgIpc) is 2.97. The van der Waals surface area contributed by atoms with Gasteiger partial charge in [0.25, 0.3) is 0 Å². The normalized spacial score (nSPS) is 17.7. The topological polar surface area (TPSA) is 68.2 Å². The second-order valence-corrected chi connectivity index (χ2v) is 5.99. The summed E-state index contributed by atoms with van der Waals surface area (Å²) in [5.41, 5.74) is 6.71. The molecule has 126 valence electrons. The maximum absolute atomic E-state index is 12.9. The second kappa shape index (κ2) is 7.86. The predicted molar refractivity (Wildman–Crippen MR) is 88.6 cm³/mol. The molecule has 1 aromatic heterocycles. The van der Waals surface area contributed by atoms with Crippen molar-refractivity contribution >= 4 is 12.4 Å². The minimum atomic E-state index is -0.274. The molecular formula is C16H22ClFN4O. The van der Waals surface area contributed by atoms with Gasteiger partial charge in [0.05, 0.1) is 6.54 Å². The largest absolute Gasteiger partial charge is 0.338 e. The van der Waals surface area contributed by atoms with Gasteiger partial charge in [-0.1, -0.05) is 5.16 Å². The van der Waals surface area contributed by atoms with Crippen molar-refractivity contribution < 1.29 is 8.91 Å². The number of hydrogen-bond acceptors (Lipinski definition) is 5. The summed E-state index contributed by atoms with van der Waals surface area (Å²) in [6.45, 7) is 4.73. The van der Waals surface area contributed by atoms with Gasteiger partial charge >= 0.3 is 0 Å². The molecule has 7 heteroatoms. The van der Waals surface area contributed by atoms with E-state index in [1.807, 2.05) is 0 Å². The summed E-state index contributed by atoms with van der Waals surface area (Å²) < 4.78 is 18.2. The predicted octanol–water partition coefficient (Wildman–Crippen LogP) is 2.86. The molecule has 2 aromatic rings. The van der Waals surface area contributed by atoms with E-state index < -0.39 is 0 Å². The quantitative estimate of drug-likeness (QED) is 0.926. The standard InChI is InChI=1S/C16H21FN4O.ClH/c1-11(18)12-6-8-21(9-7-12)10-15-19-16(20-22-15)13-2-4-14(17)5-3-13;/h2-5,11-12H,6-10,18H2,1H3;1H. The Morgan fingerprint density at radius 3 is 2.57 bits per heavy atom. The molecule has 5 nitrogen and oxygen atoms in total. The molecule has 23 heavy (non-hydrogen) atoms. The highest BCUT2D eigenvalue weighted by Crippen LogP contribution is 2.22. The van der Waals surface area contributed by atoms with Crippen LogP contribution in [0.2, 0.25) is 0 Å². The van der Waals surface area contributed by atoms with Crippen LogP contribution in [0.5, 0.6) is 0 Å². The fourth-order valence-corrected chi connectivity index (χ4v) is 2.86. The molecule has 1 fully saturated rings. The van der Waals surface area contributed by atoms with Gasteiger partial charge in [0, 0.05) is 11.6 Å². The van der Waals surface area contributed by atoms with Crippen molar-refractivity contribution in [1.82, 2.24) is 15.0 Å². The highest BCUT2D eigenvalue weighted by atomic mass is 35.5. The Morgan fingerprint density at radius 1 is 1.30 bits per heavy atom. The monoisotopic (exact) mass is 340 g/mol. The molecule has 0 bridgehead atoms. The van der Waals surface area contributed by atoms with E-state index >= 15 is 0 Å². The van der Waals surface area contributed by atoms with Crippen LogP contribution in [0.3, 0.4) is 0 Å². The molecule has 0 radical (unpaired) electrons. The number of halogens is 2. The number of benzene rings is 1. The molecule has 0 saturated carbocycles. The zero-order valence-electron chi connectivity index (χ0n) is 13.1. The number of piperidine rings is 1. The van der Waals surface area contributed by atoms with Crippen molar-refractivity contribution in [3.05, 3.63) is 36.0 Å². The zero-order chi connectivity index (χ0) is 15.5. The van der Waals surface area contributed by atoms with Crippen LogP contribution in [0.25, 0.3) is 11.4 Å². The number of likely N-dealkylation sites (tertiary alicyclic amines) is 1. The van der Waals surface area contributed by atoms with Gasteiger partial charge in [0.1, 0.15) is 5.82 Å². The van der Waals surface area contributed by atoms with Gasteiger partial charge in [0.2, 0.25) is 11.7 Å². The summed E-state index contributed by atoms with van der Waals surface area (Å²) >= 11 is 0. The maximum Gasteiger partial charge on any atom is 0.241 e. The van der Waals surface area contributed by atoms with Crippen LogP contribution < -0.4 is 5.73 Å². The summed E-state index contributed by atoms with van der Waals surface area (Å²) in [5.74, 6) is 1.43. The van der Waals surface area contributed by atoms with Crippen molar-refractivity contribution in [3.63, 3.8) is 0 Å². The third-order valence-electron chi connectivity index (χ3n) is 4.31. The molecular weight excluding hydrogens is 319 g/mol. The van der Waals surface area contributed by atoms with E-state index in [9.17, 15) is 4.39 Å². The van der Waals surface area contributed by atoms with Crippen molar-refractivity contribution in [2.24, 2.45) is 11.7 Å². The van der Waals surface area contributed by atoms with E-state index in [2.05, 4.69) is 22.0 Å². The van der Waals surface area contributed by atoms with E-state index in [1.165, 1.54) is 12.1 Å². The number of nitrogens with zero attached hydrogens (tertiary/aromatic N) is 3. The van der Waals surface area contributed by atoms with Crippen LogP contribution >= 0.6 is 12.4 Å². The van der Waals surface area contributed by atoms with E-state index in [4.69, 9.17) is 10.3 Å². The lowest BCUT2D eigenvalue weighted by Crippen LogP contribution is -2.39. The second-order valence-electron chi connectivity index (χ2n) is 5.99. The van der Waals surface area contributed by atoms with Gasteiger partial charge in [-0.05, 0) is 63.0 Å². The Bertz CT molecular complexity index is 609. The third kappa shape index (κ3) is 4.50. The highest BCUT2D eigenvalue weighted by Gasteiger charge is 2.23. The summed E-state index contributed by atoms with van der Waals surface area (Å²) in [5, 5.41) is 3.97. The van der Waals surface area contributed by atoms with Crippen molar-refractivity contribution in [2.75, 3.05) is 13.1 Å². The first-order valence-corrected chi connectivity index (χ1v) is 7.68. The minimum Gasteiger partial charge on any atom is -0.338 e. The lowest BCUT2D eigenvalue weighted by atomic mass is 9.91. The first-order valence-electron chi connectivity index (χ1n) is 7.68. The lowest BCUT2D eigenvalue weighted by Gasteiger charge is -2.32. The van der Waals surface area contributed by atoms with Crippen LogP contribution in [-0.4, -0.2) is 34.2 Å². The lowest BCUT2D eigenvalue weighted by molar-refractivity contribution is 0.150. The number of nitrogens with two attached hydrogens (primary N) is 1. The summed E-state index contributed by atoms with van der Waals surface area (Å²) in [7, 11) is 0. The minimum absolute atomic E-state index is 0. The maximum atomic E-state index is 12.9. The van der Waals surface area contributed by atoms with Gasteiger partial charge in [-0.2, -0.15) is 4.98 Å². The van der Waals surface area contributed by atoms with Gasteiger partial charge in [-0.25, -0.2) is 4.39 Å². The van der Waals surface area contributed by atoms with Crippen molar-refractivity contribution in [3.8, 4) is 11.4 Å². The van der Waals surface area contributed by atoms with Gasteiger partial charge in [-0.15, -0.1) is 12.4 Å². The molecule has 0 spiro atoms. The fourth-order valence-electron chi connectivity index (χ4n) is 2.86.